The molecule has 0 bridgehead atoms. The van der Waals surface area contributed by atoms with Gasteiger partial charge in [-0.25, -0.2) is 14.8 Å². The van der Waals surface area contributed by atoms with Crippen molar-refractivity contribution in [2.45, 2.75) is 26.7 Å². The number of pyridine rings is 2. The molecule has 0 N–H and O–H groups in total. The van der Waals surface area contributed by atoms with Crippen molar-refractivity contribution in [1.82, 2.24) is 9.97 Å². The molecule has 150 valence electrons. The first-order chi connectivity index (χ1) is 13.5. The summed E-state index contributed by atoms with van der Waals surface area (Å²) in [4.78, 5) is 29.8. The number of hydrogen-bond donors (Lipinski definition) is 0. The summed E-state index contributed by atoms with van der Waals surface area (Å²) in [6, 6.07) is 7.17. The molecule has 0 atom stereocenters. The zero-order chi connectivity index (χ0) is 20.8. The minimum absolute atomic E-state index is 0.201. The van der Waals surface area contributed by atoms with E-state index in [4.69, 9.17) is 32.7 Å². The molecule has 2 aromatic heterocycles. The zero-order valence-corrected chi connectivity index (χ0v) is 17.2. The molecule has 0 saturated heterocycles. The Morgan fingerprint density at radius 2 is 1.64 bits per heavy atom. The van der Waals surface area contributed by atoms with E-state index in [2.05, 4.69) is 9.97 Å². The van der Waals surface area contributed by atoms with Gasteiger partial charge in [-0.1, -0.05) is 35.3 Å². The molecule has 0 radical (unpaired) electrons. The van der Waals surface area contributed by atoms with Crippen molar-refractivity contribution in [3.05, 3.63) is 64.2 Å². The maximum Gasteiger partial charge on any atom is 0.330 e. The van der Waals surface area contributed by atoms with Crippen LogP contribution in [0, 0.1) is 0 Å². The Morgan fingerprint density at radius 1 is 1.00 bits per heavy atom. The fourth-order valence-electron chi connectivity index (χ4n) is 1.95. The van der Waals surface area contributed by atoms with Crippen molar-refractivity contribution in [2.24, 2.45) is 0 Å². The Morgan fingerprint density at radius 3 is 2.25 bits per heavy atom. The van der Waals surface area contributed by atoms with E-state index in [0.717, 1.165) is 5.56 Å². The molecule has 2 heterocycles. The molecule has 6 nitrogen and oxygen atoms in total. The second-order valence-corrected chi connectivity index (χ2v) is 5.94. The van der Waals surface area contributed by atoms with Crippen LogP contribution in [0.25, 0.3) is 6.08 Å². The van der Waals surface area contributed by atoms with E-state index in [9.17, 15) is 9.59 Å². The van der Waals surface area contributed by atoms with Crippen LogP contribution in [0.5, 0.6) is 0 Å². The Labute approximate surface area is 174 Å². The Kier molecular flexibility index (Phi) is 11.5. The van der Waals surface area contributed by atoms with E-state index in [0.29, 0.717) is 41.9 Å². The first-order valence-electron chi connectivity index (χ1n) is 8.68. The molecule has 0 aromatic carbocycles. The number of rotatable bonds is 7. The maximum atomic E-state index is 11.0. The average Bonchev–Trinajstić information content (AvgIpc) is 2.68. The molecule has 0 saturated carbocycles. The summed E-state index contributed by atoms with van der Waals surface area (Å²) in [5, 5.41) is 0.824. The quantitative estimate of drug-likeness (QED) is 0.368. The van der Waals surface area contributed by atoms with Gasteiger partial charge in [0.2, 0.25) is 0 Å². The van der Waals surface area contributed by atoms with Gasteiger partial charge in [0.1, 0.15) is 10.3 Å². The van der Waals surface area contributed by atoms with E-state index in [1.54, 1.807) is 50.5 Å². The van der Waals surface area contributed by atoms with Crippen LogP contribution in [0.3, 0.4) is 0 Å². The molecule has 0 aliphatic carbocycles. The lowest BCUT2D eigenvalue weighted by molar-refractivity contribution is -0.143. The summed E-state index contributed by atoms with van der Waals surface area (Å²) in [6.07, 6.45) is 7.03. The predicted molar refractivity (Wildman–Crippen MR) is 109 cm³/mol. The van der Waals surface area contributed by atoms with Gasteiger partial charge in [0.05, 0.1) is 13.2 Å². The van der Waals surface area contributed by atoms with Gasteiger partial charge in [0, 0.05) is 30.5 Å². The highest BCUT2D eigenvalue weighted by molar-refractivity contribution is 6.31. The lowest BCUT2D eigenvalue weighted by Crippen LogP contribution is -2.05. The molecular weight excluding hydrogens is 403 g/mol. The minimum Gasteiger partial charge on any atom is -0.466 e. The molecule has 0 fully saturated rings. The predicted octanol–water partition coefficient (Wildman–Crippen LogP) is 4.54. The highest BCUT2D eigenvalue weighted by Crippen LogP contribution is 2.14. The zero-order valence-electron chi connectivity index (χ0n) is 15.7. The van der Waals surface area contributed by atoms with Crippen molar-refractivity contribution in [2.75, 3.05) is 13.2 Å². The van der Waals surface area contributed by atoms with Crippen LogP contribution in [0.2, 0.25) is 10.3 Å². The molecule has 2 rings (SSSR count). The van der Waals surface area contributed by atoms with Crippen LogP contribution in [0.1, 0.15) is 31.4 Å². The van der Waals surface area contributed by atoms with Crippen molar-refractivity contribution >= 4 is 41.2 Å². The molecule has 0 spiro atoms. The number of nitrogens with zero attached hydrogens (tertiary/aromatic N) is 2. The van der Waals surface area contributed by atoms with E-state index >= 15 is 0 Å². The average molecular weight is 425 g/mol. The van der Waals surface area contributed by atoms with Gasteiger partial charge < -0.3 is 9.47 Å². The molecule has 8 heteroatoms. The summed E-state index contributed by atoms with van der Waals surface area (Å²) in [6.45, 7) is 4.32. The molecule has 0 aliphatic rings. The van der Waals surface area contributed by atoms with Gasteiger partial charge in [0.15, 0.2) is 0 Å². The van der Waals surface area contributed by atoms with Crippen LogP contribution < -0.4 is 0 Å². The van der Waals surface area contributed by atoms with Crippen LogP contribution in [0.4, 0.5) is 0 Å². The van der Waals surface area contributed by atoms with Gasteiger partial charge in [0.25, 0.3) is 0 Å². The SMILES string of the molecule is CCOC(=O)/C=C/c1cccnc1Cl.CCOC(=O)CCc1cccnc1Cl. The van der Waals surface area contributed by atoms with Crippen LogP contribution in [-0.4, -0.2) is 35.1 Å². The minimum atomic E-state index is -0.382. The van der Waals surface area contributed by atoms with Crippen LogP contribution >= 0.6 is 23.2 Å². The number of hydrogen-bond acceptors (Lipinski definition) is 6. The largest absolute Gasteiger partial charge is 0.466 e. The fourth-order valence-corrected chi connectivity index (χ4v) is 2.34. The molecular formula is C20H22Cl2N2O4. The molecule has 0 aliphatic heterocycles. The van der Waals surface area contributed by atoms with Gasteiger partial charge in [-0.3, -0.25) is 4.79 Å². The number of esters is 2. The number of carbonyl (C=O) groups excluding carboxylic acids is 2. The summed E-state index contributed by atoms with van der Waals surface area (Å²) in [7, 11) is 0. The van der Waals surface area contributed by atoms with E-state index in [1.165, 1.54) is 6.08 Å². The number of aryl methyl sites for hydroxylation is 1. The van der Waals surface area contributed by atoms with Crippen molar-refractivity contribution in [3.63, 3.8) is 0 Å². The van der Waals surface area contributed by atoms with Crippen LogP contribution in [0.15, 0.2) is 42.7 Å². The first-order valence-corrected chi connectivity index (χ1v) is 9.43. The van der Waals surface area contributed by atoms with E-state index in [1.807, 2.05) is 6.07 Å². The lowest BCUT2D eigenvalue weighted by Gasteiger charge is -2.02. The number of carbonyl (C=O) groups is 2. The van der Waals surface area contributed by atoms with E-state index < -0.39 is 0 Å². The van der Waals surface area contributed by atoms with Crippen molar-refractivity contribution in [3.8, 4) is 0 Å². The van der Waals surface area contributed by atoms with Crippen LogP contribution in [-0.2, 0) is 25.5 Å². The van der Waals surface area contributed by atoms with Gasteiger partial charge in [-0.05, 0) is 44.0 Å². The fraction of sp³-hybridized carbons (Fsp3) is 0.300. The standard InChI is InChI=1S/C10H12ClNO2.C10H10ClNO2/c2*1-2-14-9(13)6-5-8-4-3-7-12-10(8)11/h3-4,7H,2,5-6H2,1H3;3-7H,2H2,1H3/b;6-5+. The van der Waals surface area contributed by atoms with Gasteiger partial charge >= 0.3 is 11.9 Å². The third kappa shape index (κ3) is 9.48. The summed E-state index contributed by atoms with van der Waals surface area (Å²) in [5.74, 6) is -0.583. The number of aromatic nitrogens is 2. The van der Waals surface area contributed by atoms with E-state index in [-0.39, 0.29) is 11.9 Å². The first kappa shape index (κ1) is 23.6. The number of halogens is 2. The summed E-state index contributed by atoms with van der Waals surface area (Å²) < 4.78 is 9.52. The summed E-state index contributed by atoms with van der Waals surface area (Å²) in [5.41, 5.74) is 1.57. The highest BCUT2D eigenvalue weighted by atomic mass is 35.5. The molecule has 0 amide bonds. The Hall–Kier alpha value is -2.44. The number of ether oxygens (including phenoxy) is 2. The lowest BCUT2D eigenvalue weighted by atomic mass is 10.1. The third-order valence-electron chi connectivity index (χ3n) is 3.21. The van der Waals surface area contributed by atoms with Gasteiger partial charge in [-0.15, -0.1) is 0 Å². The smallest absolute Gasteiger partial charge is 0.330 e. The highest BCUT2D eigenvalue weighted by Gasteiger charge is 2.05. The second-order valence-electron chi connectivity index (χ2n) is 5.23. The topological polar surface area (TPSA) is 78.4 Å². The third-order valence-corrected chi connectivity index (χ3v) is 3.87. The molecule has 28 heavy (non-hydrogen) atoms. The summed E-state index contributed by atoms with van der Waals surface area (Å²) >= 11 is 11.6. The monoisotopic (exact) mass is 424 g/mol. The normalized spacial score (nSPS) is 10.1. The molecule has 0 unspecified atom stereocenters. The van der Waals surface area contributed by atoms with Gasteiger partial charge in [-0.2, -0.15) is 0 Å². The Bertz CT molecular complexity index is 797. The molecule has 2 aromatic rings. The van der Waals surface area contributed by atoms with Crippen molar-refractivity contribution < 1.29 is 19.1 Å². The van der Waals surface area contributed by atoms with Crippen molar-refractivity contribution in [1.29, 1.82) is 0 Å². The maximum absolute atomic E-state index is 11.0. The second kappa shape index (κ2) is 13.7. The Balaban J connectivity index is 0.000000280.